The van der Waals surface area contributed by atoms with Gasteiger partial charge in [0.05, 0.1) is 25.4 Å². The summed E-state index contributed by atoms with van der Waals surface area (Å²) in [6.07, 6.45) is 3.02. The molecule has 5 nitrogen and oxygen atoms in total. The number of pyridine rings is 1. The Hall–Kier alpha value is -2.40. The number of ether oxygens (including phenoxy) is 1. The van der Waals surface area contributed by atoms with Crippen LogP contribution in [-0.4, -0.2) is 29.8 Å². The van der Waals surface area contributed by atoms with Crippen molar-refractivity contribution in [3.05, 3.63) is 59.9 Å². The molecular formula is C15H16N2O3. The van der Waals surface area contributed by atoms with Gasteiger partial charge < -0.3 is 15.2 Å². The number of anilines is 1. The van der Waals surface area contributed by atoms with Gasteiger partial charge in [-0.05, 0) is 11.6 Å². The van der Waals surface area contributed by atoms with E-state index in [0.717, 1.165) is 5.56 Å². The quantitative estimate of drug-likeness (QED) is 0.815. The summed E-state index contributed by atoms with van der Waals surface area (Å²) in [6.45, 7) is -0.0903. The summed E-state index contributed by atoms with van der Waals surface area (Å²) in [5.74, 6) is -0.467. The number of aliphatic hydroxyl groups is 1. The first-order valence-electron chi connectivity index (χ1n) is 6.21. The Morgan fingerprint density at radius 3 is 2.75 bits per heavy atom. The van der Waals surface area contributed by atoms with Crippen LogP contribution in [0, 0.1) is 0 Å². The molecule has 0 aliphatic heterocycles. The molecule has 2 aromatic rings. The Labute approximate surface area is 117 Å². The first kappa shape index (κ1) is 14.0. The first-order valence-corrected chi connectivity index (χ1v) is 6.21. The summed E-state index contributed by atoms with van der Waals surface area (Å²) in [7, 11) is 1.32. The zero-order valence-corrected chi connectivity index (χ0v) is 11.1. The molecule has 5 heteroatoms. The predicted octanol–water partition coefficient (Wildman–Crippen LogP) is 2.01. The van der Waals surface area contributed by atoms with Crippen LogP contribution in [0.25, 0.3) is 0 Å². The first-order chi connectivity index (χ1) is 9.76. The van der Waals surface area contributed by atoms with Crippen molar-refractivity contribution in [1.29, 1.82) is 0 Å². The van der Waals surface area contributed by atoms with Crippen molar-refractivity contribution in [3.63, 3.8) is 0 Å². The van der Waals surface area contributed by atoms with Crippen LogP contribution >= 0.6 is 0 Å². The van der Waals surface area contributed by atoms with E-state index in [1.54, 1.807) is 12.3 Å². The molecule has 1 unspecified atom stereocenters. The van der Waals surface area contributed by atoms with Crippen molar-refractivity contribution in [3.8, 4) is 0 Å². The van der Waals surface area contributed by atoms with Crippen LogP contribution in [0.4, 0.5) is 5.69 Å². The second-order valence-corrected chi connectivity index (χ2v) is 4.20. The Balaban J connectivity index is 2.26. The highest BCUT2D eigenvalue weighted by Gasteiger charge is 2.16. The van der Waals surface area contributed by atoms with Crippen LogP contribution in [0.5, 0.6) is 0 Å². The minimum atomic E-state index is -0.467. The van der Waals surface area contributed by atoms with E-state index in [0.29, 0.717) is 11.3 Å². The highest BCUT2D eigenvalue weighted by atomic mass is 16.5. The van der Waals surface area contributed by atoms with Crippen LogP contribution in [0.1, 0.15) is 22.0 Å². The number of hydrogen-bond acceptors (Lipinski definition) is 5. The lowest BCUT2D eigenvalue weighted by Crippen LogP contribution is -2.17. The van der Waals surface area contributed by atoms with Gasteiger partial charge in [0.2, 0.25) is 0 Å². The van der Waals surface area contributed by atoms with Crippen LogP contribution in [0.2, 0.25) is 0 Å². The van der Waals surface area contributed by atoms with Gasteiger partial charge in [0.25, 0.3) is 0 Å². The van der Waals surface area contributed by atoms with Gasteiger partial charge in [-0.3, -0.25) is 4.98 Å². The summed E-state index contributed by atoms with van der Waals surface area (Å²) in [5.41, 5.74) is 1.85. The van der Waals surface area contributed by atoms with E-state index in [2.05, 4.69) is 10.3 Å². The lowest BCUT2D eigenvalue weighted by molar-refractivity contribution is 0.0601. The molecule has 0 aliphatic carbocycles. The summed E-state index contributed by atoms with van der Waals surface area (Å²) < 4.78 is 4.72. The fourth-order valence-electron chi connectivity index (χ4n) is 1.90. The third-order valence-electron chi connectivity index (χ3n) is 2.94. The largest absolute Gasteiger partial charge is 0.465 e. The highest BCUT2D eigenvalue weighted by Crippen LogP contribution is 2.22. The van der Waals surface area contributed by atoms with Gasteiger partial charge in [-0.25, -0.2) is 4.79 Å². The van der Waals surface area contributed by atoms with Crippen LogP contribution in [0.15, 0.2) is 48.8 Å². The Kier molecular flexibility index (Phi) is 4.68. The fraction of sp³-hybridized carbons (Fsp3) is 0.200. The fourth-order valence-corrected chi connectivity index (χ4v) is 1.90. The van der Waals surface area contributed by atoms with E-state index in [-0.39, 0.29) is 12.6 Å². The maximum Gasteiger partial charge on any atom is 0.341 e. The molecule has 0 amide bonds. The molecule has 1 aromatic carbocycles. The summed E-state index contributed by atoms with van der Waals surface area (Å²) in [5, 5.41) is 12.7. The molecule has 1 heterocycles. The van der Waals surface area contributed by atoms with Crippen molar-refractivity contribution in [2.75, 3.05) is 19.0 Å². The maximum atomic E-state index is 11.7. The molecule has 2 N–H and O–H groups in total. The minimum Gasteiger partial charge on any atom is -0.465 e. The number of hydrogen-bond donors (Lipinski definition) is 2. The number of carbonyl (C=O) groups excluding carboxylic acids is 1. The molecule has 2 rings (SSSR count). The van der Waals surface area contributed by atoms with E-state index in [1.165, 1.54) is 13.3 Å². The summed E-state index contributed by atoms with van der Waals surface area (Å²) >= 11 is 0. The summed E-state index contributed by atoms with van der Waals surface area (Å²) in [6, 6.07) is 10.9. The van der Waals surface area contributed by atoms with Gasteiger partial charge in [0.15, 0.2) is 0 Å². The minimum absolute atomic E-state index is 0.0903. The molecule has 104 valence electrons. The van der Waals surface area contributed by atoms with E-state index >= 15 is 0 Å². The van der Waals surface area contributed by atoms with Crippen molar-refractivity contribution in [2.24, 2.45) is 0 Å². The van der Waals surface area contributed by atoms with Gasteiger partial charge in [0, 0.05) is 12.4 Å². The number of aromatic nitrogens is 1. The molecule has 1 aromatic heterocycles. The summed E-state index contributed by atoms with van der Waals surface area (Å²) in [4.78, 5) is 15.6. The molecule has 0 saturated carbocycles. The normalized spacial score (nSPS) is 11.7. The van der Waals surface area contributed by atoms with Crippen LogP contribution < -0.4 is 5.32 Å². The van der Waals surface area contributed by atoms with Crippen LogP contribution in [-0.2, 0) is 4.74 Å². The molecule has 0 aliphatic rings. The third kappa shape index (κ3) is 3.13. The second kappa shape index (κ2) is 6.68. The number of rotatable bonds is 5. The highest BCUT2D eigenvalue weighted by molar-refractivity contribution is 5.95. The Morgan fingerprint density at radius 1 is 1.35 bits per heavy atom. The number of esters is 1. The van der Waals surface area contributed by atoms with Crippen molar-refractivity contribution in [1.82, 2.24) is 4.98 Å². The Morgan fingerprint density at radius 2 is 2.10 bits per heavy atom. The average molecular weight is 272 g/mol. The number of carbonyl (C=O) groups is 1. The topological polar surface area (TPSA) is 71.5 Å². The van der Waals surface area contributed by atoms with Gasteiger partial charge in [0.1, 0.15) is 5.56 Å². The predicted molar refractivity (Wildman–Crippen MR) is 75.5 cm³/mol. The smallest absolute Gasteiger partial charge is 0.341 e. The van der Waals surface area contributed by atoms with E-state index in [4.69, 9.17) is 4.74 Å². The van der Waals surface area contributed by atoms with Crippen molar-refractivity contribution in [2.45, 2.75) is 6.04 Å². The lowest BCUT2D eigenvalue weighted by Gasteiger charge is -2.19. The van der Waals surface area contributed by atoms with Gasteiger partial charge in [-0.15, -0.1) is 0 Å². The molecule has 1 atom stereocenters. The lowest BCUT2D eigenvalue weighted by atomic mass is 10.1. The monoisotopic (exact) mass is 272 g/mol. The average Bonchev–Trinajstić information content (AvgIpc) is 2.53. The molecule has 0 fully saturated rings. The standard InChI is InChI=1S/C15H16N2O3/c1-20-15(19)12-9-16-8-7-13(12)17-14(10-18)11-5-3-2-4-6-11/h2-9,14,18H,10H2,1H3,(H,16,17). The molecule has 0 radical (unpaired) electrons. The van der Waals surface area contributed by atoms with Crippen molar-refractivity contribution < 1.29 is 14.6 Å². The molecule has 0 saturated heterocycles. The number of benzene rings is 1. The SMILES string of the molecule is COC(=O)c1cnccc1NC(CO)c1ccccc1. The zero-order valence-electron chi connectivity index (χ0n) is 11.1. The van der Waals surface area contributed by atoms with Crippen molar-refractivity contribution >= 4 is 11.7 Å². The zero-order chi connectivity index (χ0) is 14.4. The third-order valence-corrected chi connectivity index (χ3v) is 2.94. The van der Waals surface area contributed by atoms with Crippen LogP contribution in [0.3, 0.4) is 0 Å². The van der Waals surface area contributed by atoms with E-state index in [1.807, 2.05) is 30.3 Å². The maximum absolute atomic E-state index is 11.7. The van der Waals surface area contributed by atoms with Gasteiger partial charge in [-0.1, -0.05) is 30.3 Å². The van der Waals surface area contributed by atoms with E-state index in [9.17, 15) is 9.90 Å². The van der Waals surface area contributed by atoms with E-state index < -0.39 is 5.97 Å². The molecule has 20 heavy (non-hydrogen) atoms. The number of nitrogens with zero attached hydrogens (tertiary/aromatic N) is 1. The number of methoxy groups -OCH3 is 1. The van der Waals surface area contributed by atoms with Gasteiger partial charge in [-0.2, -0.15) is 0 Å². The van der Waals surface area contributed by atoms with Gasteiger partial charge >= 0.3 is 5.97 Å². The second-order valence-electron chi connectivity index (χ2n) is 4.20. The Bertz CT molecular complexity index is 572. The molecular weight excluding hydrogens is 256 g/mol. The number of nitrogens with one attached hydrogen (secondary N) is 1. The molecule has 0 bridgehead atoms. The number of aliphatic hydroxyl groups excluding tert-OH is 1. The molecule has 0 spiro atoms.